The minimum Gasteiger partial charge on any atom is -0.366 e. The summed E-state index contributed by atoms with van der Waals surface area (Å²) in [6, 6.07) is 2.80. The van der Waals surface area contributed by atoms with Crippen LogP contribution in [0.1, 0.15) is 23.7 Å². The number of amides is 1. The highest BCUT2D eigenvalue weighted by atomic mass is 16.1. The Morgan fingerprint density at radius 2 is 2.23 bits per heavy atom. The third-order valence-electron chi connectivity index (χ3n) is 1.73. The van der Waals surface area contributed by atoms with Gasteiger partial charge in [0.1, 0.15) is 0 Å². The number of aryl methyl sites for hydroxylation is 1. The van der Waals surface area contributed by atoms with Crippen LogP contribution < -0.4 is 11.3 Å². The first-order chi connectivity index (χ1) is 6.15. The molecule has 0 aliphatic heterocycles. The Kier molecular flexibility index (Phi) is 2.84. The van der Waals surface area contributed by atoms with Crippen molar-refractivity contribution >= 4 is 5.91 Å². The number of hydrogen-bond donors (Lipinski definition) is 1. The van der Waals surface area contributed by atoms with Crippen LogP contribution in [0.4, 0.5) is 0 Å². The summed E-state index contributed by atoms with van der Waals surface area (Å²) in [5, 5.41) is 0. The molecule has 1 heterocycles. The summed E-state index contributed by atoms with van der Waals surface area (Å²) in [5.74, 6) is -0.509. The maximum Gasteiger partial charge on any atom is 0.250 e. The van der Waals surface area contributed by atoms with Gasteiger partial charge in [0.15, 0.2) is 0 Å². The molecule has 4 heteroatoms. The number of hydrogen-bond acceptors (Lipinski definition) is 2. The summed E-state index contributed by atoms with van der Waals surface area (Å²) in [6.07, 6.45) is 2.34. The number of carbonyl (C=O) groups excluding carboxylic acids is 1. The first kappa shape index (κ1) is 9.51. The first-order valence-electron chi connectivity index (χ1n) is 4.15. The minimum absolute atomic E-state index is 0.105. The molecule has 0 bridgehead atoms. The molecular weight excluding hydrogens is 168 g/mol. The topological polar surface area (TPSA) is 65.1 Å². The third-order valence-corrected chi connectivity index (χ3v) is 1.73. The molecule has 4 nitrogen and oxygen atoms in total. The Hall–Kier alpha value is -1.58. The summed E-state index contributed by atoms with van der Waals surface area (Å²) in [4.78, 5) is 22.0. The fourth-order valence-corrected chi connectivity index (χ4v) is 1.09. The highest BCUT2D eigenvalue weighted by Gasteiger charge is 2.01. The predicted octanol–water partition coefficient (Wildman–Crippen LogP) is 0.357. The zero-order valence-corrected chi connectivity index (χ0v) is 7.49. The zero-order chi connectivity index (χ0) is 9.84. The molecule has 0 unspecified atom stereocenters. The van der Waals surface area contributed by atoms with Crippen molar-refractivity contribution in [2.45, 2.75) is 19.9 Å². The smallest absolute Gasteiger partial charge is 0.250 e. The van der Waals surface area contributed by atoms with E-state index < -0.39 is 5.91 Å². The van der Waals surface area contributed by atoms with Crippen molar-refractivity contribution in [2.75, 3.05) is 0 Å². The Morgan fingerprint density at radius 1 is 1.54 bits per heavy atom. The van der Waals surface area contributed by atoms with E-state index in [1.807, 2.05) is 6.92 Å². The van der Waals surface area contributed by atoms with Crippen LogP contribution in [-0.2, 0) is 6.54 Å². The summed E-state index contributed by atoms with van der Waals surface area (Å²) < 4.78 is 1.49. The van der Waals surface area contributed by atoms with Gasteiger partial charge < -0.3 is 10.3 Å². The molecule has 0 spiro atoms. The lowest BCUT2D eigenvalue weighted by Gasteiger charge is -2.03. The average Bonchev–Trinajstić information content (AvgIpc) is 2.08. The number of nitrogens with two attached hydrogens (primary N) is 1. The van der Waals surface area contributed by atoms with E-state index in [9.17, 15) is 9.59 Å². The van der Waals surface area contributed by atoms with Gasteiger partial charge in [-0.3, -0.25) is 9.59 Å². The Morgan fingerprint density at radius 3 is 2.77 bits per heavy atom. The van der Waals surface area contributed by atoms with Crippen molar-refractivity contribution in [1.82, 2.24) is 4.57 Å². The molecule has 1 rings (SSSR count). The number of primary amides is 1. The summed E-state index contributed by atoms with van der Waals surface area (Å²) in [5.41, 5.74) is 5.34. The highest BCUT2D eigenvalue weighted by molar-refractivity contribution is 5.92. The van der Waals surface area contributed by atoms with Gasteiger partial charge >= 0.3 is 0 Å². The van der Waals surface area contributed by atoms with Crippen molar-refractivity contribution in [3.8, 4) is 0 Å². The molecule has 0 radical (unpaired) electrons. The second-order valence-corrected chi connectivity index (χ2v) is 2.81. The maximum atomic E-state index is 11.2. The molecule has 2 N–H and O–H groups in total. The van der Waals surface area contributed by atoms with Gasteiger partial charge in [0.05, 0.1) is 5.56 Å². The average molecular weight is 180 g/mol. The van der Waals surface area contributed by atoms with Crippen molar-refractivity contribution in [2.24, 2.45) is 5.73 Å². The molecule has 0 aliphatic carbocycles. The van der Waals surface area contributed by atoms with Crippen LogP contribution in [0.3, 0.4) is 0 Å². The molecule has 1 aromatic heterocycles. The van der Waals surface area contributed by atoms with Gasteiger partial charge in [-0.2, -0.15) is 0 Å². The van der Waals surface area contributed by atoms with Gasteiger partial charge in [-0.15, -0.1) is 0 Å². The lowest BCUT2D eigenvalue weighted by Crippen LogP contribution is -2.22. The van der Waals surface area contributed by atoms with Crippen LogP contribution >= 0.6 is 0 Å². The van der Waals surface area contributed by atoms with Crippen LogP contribution in [0.5, 0.6) is 0 Å². The molecule has 70 valence electrons. The quantitative estimate of drug-likeness (QED) is 0.729. The monoisotopic (exact) mass is 180 g/mol. The van der Waals surface area contributed by atoms with Crippen molar-refractivity contribution < 1.29 is 4.79 Å². The maximum absolute atomic E-state index is 11.2. The van der Waals surface area contributed by atoms with E-state index in [4.69, 9.17) is 5.73 Å². The fourth-order valence-electron chi connectivity index (χ4n) is 1.09. The first-order valence-corrected chi connectivity index (χ1v) is 4.15. The molecule has 1 aromatic rings. The molecule has 13 heavy (non-hydrogen) atoms. The van der Waals surface area contributed by atoms with E-state index >= 15 is 0 Å². The van der Waals surface area contributed by atoms with E-state index in [0.717, 1.165) is 6.42 Å². The van der Waals surface area contributed by atoms with Crippen molar-refractivity contribution in [1.29, 1.82) is 0 Å². The number of rotatable bonds is 3. The third kappa shape index (κ3) is 2.18. The SMILES string of the molecule is CCCn1cc(C(N)=O)ccc1=O. The van der Waals surface area contributed by atoms with E-state index in [-0.39, 0.29) is 5.56 Å². The van der Waals surface area contributed by atoms with Gasteiger partial charge in [-0.05, 0) is 12.5 Å². The lowest BCUT2D eigenvalue weighted by atomic mass is 10.2. The molecule has 0 aliphatic rings. The van der Waals surface area contributed by atoms with Gasteiger partial charge in [0.2, 0.25) is 5.91 Å². The molecule has 0 fully saturated rings. The van der Waals surface area contributed by atoms with Gasteiger partial charge in [0.25, 0.3) is 5.56 Å². The minimum atomic E-state index is -0.509. The number of nitrogens with zero attached hydrogens (tertiary/aromatic N) is 1. The van der Waals surface area contributed by atoms with Gasteiger partial charge in [-0.25, -0.2) is 0 Å². The normalized spacial score (nSPS) is 9.92. The summed E-state index contributed by atoms with van der Waals surface area (Å²) >= 11 is 0. The van der Waals surface area contributed by atoms with Crippen LogP contribution in [0.2, 0.25) is 0 Å². The van der Waals surface area contributed by atoms with Crippen LogP contribution in [-0.4, -0.2) is 10.5 Å². The number of pyridine rings is 1. The summed E-state index contributed by atoms with van der Waals surface area (Å²) in [7, 11) is 0. The lowest BCUT2D eigenvalue weighted by molar-refractivity contribution is 0.0999. The molecule has 0 saturated heterocycles. The van der Waals surface area contributed by atoms with Crippen molar-refractivity contribution in [3.05, 3.63) is 34.2 Å². The largest absolute Gasteiger partial charge is 0.366 e. The highest BCUT2D eigenvalue weighted by Crippen LogP contribution is 1.94. The van der Waals surface area contributed by atoms with E-state index in [1.165, 1.54) is 22.9 Å². The Balaban J connectivity index is 3.11. The Labute approximate surface area is 76.0 Å². The van der Waals surface area contributed by atoms with Gasteiger partial charge in [-0.1, -0.05) is 6.92 Å². The predicted molar refractivity (Wildman–Crippen MR) is 49.5 cm³/mol. The second-order valence-electron chi connectivity index (χ2n) is 2.81. The van der Waals surface area contributed by atoms with Crippen molar-refractivity contribution in [3.63, 3.8) is 0 Å². The van der Waals surface area contributed by atoms with E-state index in [2.05, 4.69) is 0 Å². The zero-order valence-electron chi connectivity index (χ0n) is 7.49. The van der Waals surface area contributed by atoms with Gasteiger partial charge in [0, 0.05) is 18.8 Å². The molecule has 0 saturated carbocycles. The molecule has 0 aromatic carbocycles. The fraction of sp³-hybridized carbons (Fsp3) is 0.333. The summed E-state index contributed by atoms with van der Waals surface area (Å²) in [6.45, 7) is 2.57. The van der Waals surface area contributed by atoms with Crippen LogP contribution in [0, 0.1) is 0 Å². The van der Waals surface area contributed by atoms with Crippen LogP contribution in [0.15, 0.2) is 23.1 Å². The molecular formula is C9H12N2O2. The molecule has 1 amide bonds. The second kappa shape index (κ2) is 3.89. The Bertz CT molecular complexity index is 368. The van der Waals surface area contributed by atoms with Crippen LogP contribution in [0.25, 0.3) is 0 Å². The van der Waals surface area contributed by atoms with E-state index in [1.54, 1.807) is 0 Å². The standard InChI is InChI=1S/C9H12N2O2/c1-2-5-11-6-7(9(10)13)3-4-8(11)12/h3-4,6H,2,5H2,1H3,(H2,10,13). The molecule has 0 atom stereocenters. The number of carbonyl (C=O) groups is 1. The number of aromatic nitrogens is 1. The van der Waals surface area contributed by atoms with E-state index in [0.29, 0.717) is 12.1 Å².